The van der Waals surface area contributed by atoms with Crippen LogP contribution in [-0.4, -0.2) is 38.0 Å². The smallest absolute Gasteiger partial charge is 0.137 e. The number of hydrogen-bond acceptors (Lipinski definition) is 3. The van der Waals surface area contributed by atoms with E-state index in [0.717, 1.165) is 18.0 Å². The van der Waals surface area contributed by atoms with Crippen molar-refractivity contribution >= 4 is 0 Å². The minimum atomic E-state index is -0.514. The van der Waals surface area contributed by atoms with Crippen LogP contribution in [0.25, 0.3) is 0 Å². The molecular weight excluding hydrogens is 338 g/mol. The molecule has 2 N–H and O–H groups in total. The molecule has 0 saturated carbocycles. The Hall–Kier alpha value is -2.30. The summed E-state index contributed by atoms with van der Waals surface area (Å²) in [5.41, 5.74) is 2.38. The third-order valence-electron chi connectivity index (χ3n) is 4.35. The van der Waals surface area contributed by atoms with Crippen molar-refractivity contribution in [2.24, 2.45) is 0 Å². The van der Waals surface area contributed by atoms with Crippen molar-refractivity contribution in [2.45, 2.75) is 32.4 Å². The lowest BCUT2D eigenvalue weighted by molar-refractivity contribution is -0.897. The van der Waals surface area contributed by atoms with Crippen molar-refractivity contribution in [3.05, 3.63) is 72.3 Å². The SMILES string of the molecule is C=CCOc1ccc(C[NH+](C)C[C@@H](O)COc2ccccc2C(C)C)cc1. The van der Waals surface area contributed by atoms with E-state index in [1.807, 2.05) is 30.3 Å². The maximum atomic E-state index is 10.4. The summed E-state index contributed by atoms with van der Waals surface area (Å²) in [6, 6.07) is 16.1. The molecule has 1 unspecified atom stereocenters. The third kappa shape index (κ3) is 7.08. The molecule has 0 spiro atoms. The van der Waals surface area contributed by atoms with Crippen LogP contribution in [0.5, 0.6) is 11.5 Å². The van der Waals surface area contributed by atoms with Crippen LogP contribution in [0.1, 0.15) is 30.9 Å². The lowest BCUT2D eigenvalue weighted by atomic mass is 10.0. The van der Waals surface area contributed by atoms with Gasteiger partial charge in [-0.1, -0.05) is 44.7 Å². The van der Waals surface area contributed by atoms with Gasteiger partial charge in [0, 0.05) is 5.56 Å². The van der Waals surface area contributed by atoms with E-state index in [9.17, 15) is 5.11 Å². The van der Waals surface area contributed by atoms with Crippen LogP contribution in [0.3, 0.4) is 0 Å². The van der Waals surface area contributed by atoms with Crippen LogP contribution in [0.15, 0.2) is 61.2 Å². The predicted octanol–water partition coefficient (Wildman–Crippen LogP) is 2.83. The van der Waals surface area contributed by atoms with Crippen LogP contribution in [-0.2, 0) is 6.54 Å². The number of nitrogens with one attached hydrogen (secondary N) is 1. The standard InChI is InChI=1S/C23H31NO3/c1-5-14-26-21-12-10-19(11-13-21)15-24(4)16-20(25)17-27-23-9-7-6-8-22(23)18(2)3/h5-13,18,20,25H,1,14-17H2,2-4H3/p+1/t20-/m1/s1. The van der Waals surface area contributed by atoms with Crippen molar-refractivity contribution in [3.8, 4) is 11.5 Å². The third-order valence-corrected chi connectivity index (χ3v) is 4.35. The molecule has 0 bridgehead atoms. The monoisotopic (exact) mass is 370 g/mol. The number of benzene rings is 2. The Balaban J connectivity index is 1.80. The summed E-state index contributed by atoms with van der Waals surface area (Å²) >= 11 is 0. The maximum Gasteiger partial charge on any atom is 0.137 e. The van der Waals surface area contributed by atoms with Gasteiger partial charge in [0.25, 0.3) is 0 Å². The molecule has 0 aliphatic rings. The normalized spacial score (nSPS) is 13.2. The Morgan fingerprint density at radius 2 is 1.78 bits per heavy atom. The number of aliphatic hydroxyl groups excluding tert-OH is 1. The van der Waals surface area contributed by atoms with Crippen molar-refractivity contribution < 1.29 is 19.5 Å². The van der Waals surface area contributed by atoms with Gasteiger partial charge in [-0.25, -0.2) is 0 Å². The summed E-state index contributed by atoms with van der Waals surface area (Å²) < 4.78 is 11.4. The number of para-hydroxylation sites is 1. The minimum absolute atomic E-state index is 0.301. The van der Waals surface area contributed by atoms with E-state index in [1.165, 1.54) is 16.0 Å². The Kier molecular flexibility index (Phi) is 8.37. The summed E-state index contributed by atoms with van der Waals surface area (Å²) in [5.74, 6) is 2.10. The molecule has 0 radical (unpaired) electrons. The number of ether oxygens (including phenoxy) is 2. The number of hydrogen-bond donors (Lipinski definition) is 2. The van der Waals surface area contributed by atoms with Crippen molar-refractivity contribution in [1.82, 2.24) is 0 Å². The second-order valence-corrected chi connectivity index (χ2v) is 7.24. The highest BCUT2D eigenvalue weighted by molar-refractivity contribution is 5.35. The van der Waals surface area contributed by atoms with Gasteiger partial charge in [0.2, 0.25) is 0 Å². The molecule has 0 heterocycles. The molecule has 0 saturated heterocycles. The van der Waals surface area contributed by atoms with Gasteiger partial charge in [0.1, 0.15) is 43.9 Å². The molecule has 146 valence electrons. The van der Waals surface area contributed by atoms with Crippen molar-refractivity contribution in [2.75, 3.05) is 26.8 Å². The highest BCUT2D eigenvalue weighted by atomic mass is 16.5. The first-order chi connectivity index (χ1) is 13.0. The molecule has 27 heavy (non-hydrogen) atoms. The fourth-order valence-electron chi connectivity index (χ4n) is 3.02. The molecule has 4 nitrogen and oxygen atoms in total. The molecule has 0 fully saturated rings. The quantitative estimate of drug-likeness (QED) is 0.598. The topological polar surface area (TPSA) is 43.1 Å². The number of aliphatic hydroxyl groups is 1. The maximum absolute atomic E-state index is 10.4. The Morgan fingerprint density at radius 3 is 2.44 bits per heavy atom. The van der Waals surface area contributed by atoms with Gasteiger partial charge in [-0.15, -0.1) is 0 Å². The second kappa shape index (κ2) is 10.8. The van der Waals surface area contributed by atoms with Gasteiger partial charge in [0.15, 0.2) is 0 Å². The predicted molar refractivity (Wildman–Crippen MR) is 110 cm³/mol. The van der Waals surface area contributed by atoms with Crippen molar-refractivity contribution in [3.63, 3.8) is 0 Å². The van der Waals surface area contributed by atoms with E-state index >= 15 is 0 Å². The lowest BCUT2D eigenvalue weighted by Gasteiger charge is -2.20. The van der Waals surface area contributed by atoms with Gasteiger partial charge < -0.3 is 19.5 Å². The van der Waals surface area contributed by atoms with Gasteiger partial charge >= 0.3 is 0 Å². The number of quaternary nitrogens is 1. The summed E-state index contributed by atoms with van der Waals surface area (Å²) in [5, 5.41) is 10.4. The first kappa shape index (κ1) is 21.0. The Labute approximate surface area is 163 Å². The Bertz CT molecular complexity index is 697. The van der Waals surface area contributed by atoms with E-state index in [4.69, 9.17) is 9.47 Å². The lowest BCUT2D eigenvalue weighted by Crippen LogP contribution is -3.09. The van der Waals surface area contributed by atoms with Crippen LogP contribution in [0, 0.1) is 0 Å². The Morgan fingerprint density at radius 1 is 1.07 bits per heavy atom. The van der Waals surface area contributed by atoms with Crippen LogP contribution < -0.4 is 14.4 Å². The molecule has 2 atom stereocenters. The van der Waals surface area contributed by atoms with E-state index in [2.05, 4.69) is 45.7 Å². The van der Waals surface area contributed by atoms with Gasteiger partial charge in [0.05, 0.1) is 7.05 Å². The summed E-state index contributed by atoms with van der Waals surface area (Å²) in [6.07, 6.45) is 1.22. The van der Waals surface area contributed by atoms with E-state index < -0.39 is 6.10 Å². The summed E-state index contributed by atoms with van der Waals surface area (Å²) in [6.45, 7) is 10.2. The second-order valence-electron chi connectivity index (χ2n) is 7.24. The average molecular weight is 371 g/mol. The van der Waals surface area contributed by atoms with E-state index in [1.54, 1.807) is 6.08 Å². The summed E-state index contributed by atoms with van der Waals surface area (Å²) in [7, 11) is 2.08. The van der Waals surface area contributed by atoms with E-state index in [-0.39, 0.29) is 0 Å². The van der Waals surface area contributed by atoms with Crippen LogP contribution in [0.2, 0.25) is 0 Å². The fourth-order valence-corrected chi connectivity index (χ4v) is 3.02. The highest BCUT2D eigenvalue weighted by Gasteiger charge is 2.14. The first-order valence-electron chi connectivity index (χ1n) is 9.53. The largest absolute Gasteiger partial charge is 0.490 e. The molecular formula is C23H32NO3+. The van der Waals surface area contributed by atoms with Gasteiger partial charge in [-0.05, 0) is 41.8 Å². The number of rotatable bonds is 11. The minimum Gasteiger partial charge on any atom is -0.490 e. The number of likely N-dealkylation sites (N-methyl/N-ethyl adjacent to an activating group) is 1. The van der Waals surface area contributed by atoms with Gasteiger partial charge in [-0.3, -0.25) is 0 Å². The van der Waals surface area contributed by atoms with Crippen LogP contribution in [0.4, 0.5) is 0 Å². The van der Waals surface area contributed by atoms with Gasteiger partial charge in [-0.2, -0.15) is 0 Å². The highest BCUT2D eigenvalue weighted by Crippen LogP contribution is 2.25. The zero-order valence-corrected chi connectivity index (χ0v) is 16.7. The zero-order valence-electron chi connectivity index (χ0n) is 16.7. The van der Waals surface area contributed by atoms with Crippen LogP contribution >= 0.6 is 0 Å². The molecule has 0 amide bonds. The molecule has 2 rings (SSSR count). The zero-order chi connectivity index (χ0) is 19.6. The first-order valence-corrected chi connectivity index (χ1v) is 9.53. The molecule has 2 aromatic rings. The molecule has 0 aliphatic carbocycles. The summed E-state index contributed by atoms with van der Waals surface area (Å²) in [4.78, 5) is 1.23. The average Bonchev–Trinajstić information content (AvgIpc) is 2.66. The molecule has 4 heteroatoms. The fraction of sp³-hybridized carbons (Fsp3) is 0.391. The molecule has 0 aromatic heterocycles. The van der Waals surface area contributed by atoms with Crippen molar-refractivity contribution in [1.29, 1.82) is 0 Å². The molecule has 0 aliphatic heterocycles. The molecule has 2 aromatic carbocycles. The van der Waals surface area contributed by atoms with E-state index in [0.29, 0.717) is 25.7 Å².